The molecule has 0 aromatic heterocycles. The summed E-state index contributed by atoms with van der Waals surface area (Å²) < 4.78 is 16.9. The van der Waals surface area contributed by atoms with Crippen LogP contribution < -0.4 is 15.6 Å². The van der Waals surface area contributed by atoms with E-state index in [1.54, 1.807) is 36.4 Å². The van der Waals surface area contributed by atoms with Crippen LogP contribution in [0.1, 0.15) is 188 Å². The molecule has 0 bridgehead atoms. The van der Waals surface area contributed by atoms with Gasteiger partial charge in [-0.2, -0.15) is 14.4 Å². The van der Waals surface area contributed by atoms with Gasteiger partial charge in [0.15, 0.2) is 0 Å². The summed E-state index contributed by atoms with van der Waals surface area (Å²) in [5, 5.41) is 7.32. The predicted octanol–water partition coefficient (Wildman–Crippen LogP) is 12.2. The van der Waals surface area contributed by atoms with Crippen LogP contribution in [0.15, 0.2) is 107 Å². The lowest BCUT2D eigenvalue weighted by atomic mass is 9.61. The summed E-state index contributed by atoms with van der Waals surface area (Å²) in [5.74, 6) is -1.26. The number of carbonyl (C=O) groups is 6. The van der Waals surface area contributed by atoms with Crippen molar-refractivity contribution in [3.05, 3.63) is 123 Å². The predicted molar refractivity (Wildman–Crippen MR) is 301 cm³/mol. The van der Waals surface area contributed by atoms with Crippen molar-refractivity contribution in [3.8, 4) is 0 Å². The fourth-order valence-electron chi connectivity index (χ4n) is 11.0. The van der Waals surface area contributed by atoms with Crippen molar-refractivity contribution in [2.24, 2.45) is 23.7 Å². The second-order valence-electron chi connectivity index (χ2n) is 20.2. The van der Waals surface area contributed by atoms with Gasteiger partial charge in [0.05, 0.1) is 16.7 Å². The summed E-state index contributed by atoms with van der Waals surface area (Å²) in [7, 11) is 1.53. The molecule has 6 rings (SSSR count). The summed E-state index contributed by atoms with van der Waals surface area (Å²) >= 11 is 0. The van der Waals surface area contributed by atoms with Crippen LogP contribution in [0.4, 0.5) is 14.4 Å². The van der Waals surface area contributed by atoms with E-state index in [9.17, 15) is 28.8 Å². The molecule has 15 nitrogen and oxygen atoms in total. The smallest absolute Gasteiger partial charge is 0.428 e. The average Bonchev–Trinajstić information content (AvgIpc) is 3.47. The maximum absolute atomic E-state index is 12.8. The average molecular weight is 1130 g/mol. The van der Waals surface area contributed by atoms with Crippen molar-refractivity contribution in [1.82, 2.24) is 0 Å². The van der Waals surface area contributed by atoms with E-state index < -0.39 is 54.7 Å². The first-order chi connectivity index (χ1) is 38.3. The Morgan fingerprint density at radius 3 is 0.835 bits per heavy atom. The van der Waals surface area contributed by atoms with Crippen LogP contribution in [0, 0.1) is 23.7 Å². The molecule has 0 amide bonds. The lowest BCUT2D eigenvalue weighted by Gasteiger charge is -2.45. The van der Waals surface area contributed by atoms with Crippen molar-refractivity contribution in [2.75, 3.05) is 0 Å². The zero-order valence-electron chi connectivity index (χ0n) is 46.6. The van der Waals surface area contributed by atoms with Crippen molar-refractivity contribution >= 4 is 80.5 Å². The van der Waals surface area contributed by atoms with Gasteiger partial charge in [0.1, 0.15) is 46.9 Å². The third-order valence-electron chi connectivity index (χ3n) is 14.9. The SMILES string of the molecule is CC/C=C(\CC)[Si]c1ccc(C(=O)OOC(=O)OC2CCC(C(C3CCC(OC(=O)OOC(=O)c4ccc([Si]/C(=C/CC)CC)cc4)CC3)C3CCC(OC(=O)OOC(=O)c4ccc([Si]/C(=C/CC)CC)cc4)CC3)CC2)cc1. The number of benzene rings is 3. The first kappa shape index (κ1) is 62.0. The minimum atomic E-state index is -1.08. The van der Waals surface area contributed by atoms with Gasteiger partial charge < -0.3 is 14.2 Å². The van der Waals surface area contributed by atoms with Gasteiger partial charge in [-0.05, 0) is 176 Å². The standard InChI is InChI=1S/C61H76O15Si3/c1-7-13-49(10-4)77-52-34-22-43(23-35-52)56(62)71-74-59(65)68-46-28-16-40(17-29-46)55(41-18-30-47(31-19-41)69-60(66)75-72-57(63)44-24-36-53(37-25-44)78-50(11-5)14-8-2)42-20-32-48(33-21-42)70-61(67)76-73-58(64)45-26-38-54(39-27-45)79-51(12-6)15-9-3/h13-15,22-27,34-42,46-48,55H,7-12,16-21,28-33H2,1-6H3/b49-13+,50-14+,51-15+. The molecule has 0 unspecified atom stereocenters. The minimum Gasteiger partial charge on any atom is -0.428 e. The second kappa shape index (κ2) is 32.7. The van der Waals surface area contributed by atoms with Crippen molar-refractivity contribution < 1.29 is 72.3 Å². The molecule has 79 heavy (non-hydrogen) atoms. The molecule has 422 valence electrons. The lowest BCUT2D eigenvalue weighted by Crippen LogP contribution is -2.39. The van der Waals surface area contributed by atoms with E-state index in [2.05, 4.69) is 59.8 Å². The van der Waals surface area contributed by atoms with Gasteiger partial charge in [0.25, 0.3) is 0 Å². The molecule has 3 saturated carbocycles. The van der Waals surface area contributed by atoms with Gasteiger partial charge in [-0.15, -0.1) is 0 Å². The van der Waals surface area contributed by atoms with Crippen molar-refractivity contribution in [2.45, 2.75) is 175 Å². The molecule has 0 heterocycles. The zero-order chi connectivity index (χ0) is 56.5. The third-order valence-corrected chi connectivity index (χ3v) is 19.4. The Morgan fingerprint density at radius 2 is 0.620 bits per heavy atom. The quantitative estimate of drug-likeness (QED) is 0.0322. The van der Waals surface area contributed by atoms with Gasteiger partial charge in [-0.3, -0.25) is 0 Å². The lowest BCUT2D eigenvalue weighted by molar-refractivity contribution is -0.209. The van der Waals surface area contributed by atoms with Crippen LogP contribution >= 0.6 is 0 Å². The summed E-state index contributed by atoms with van der Waals surface area (Å²) in [4.78, 5) is 106. The Kier molecular flexibility index (Phi) is 25.7. The topological polar surface area (TPSA) is 185 Å². The fraction of sp³-hybridized carbons (Fsp3) is 0.508. The number of hydrogen-bond acceptors (Lipinski definition) is 15. The maximum Gasteiger partial charge on any atom is 0.550 e. The first-order valence-electron chi connectivity index (χ1n) is 28.3. The highest BCUT2D eigenvalue weighted by molar-refractivity contribution is 6.61. The molecule has 18 heteroatoms. The molecular formula is C61H76O15Si3. The molecule has 0 atom stereocenters. The van der Waals surface area contributed by atoms with Gasteiger partial charge in [0, 0.05) is 0 Å². The molecule has 3 aliphatic carbocycles. The summed E-state index contributed by atoms with van der Waals surface area (Å²) in [5.41, 5.74) is 0.765. The van der Waals surface area contributed by atoms with E-state index in [1.165, 1.54) is 15.6 Å². The van der Waals surface area contributed by atoms with Gasteiger partial charge in [-0.25, -0.2) is 43.7 Å². The van der Waals surface area contributed by atoms with E-state index >= 15 is 0 Å². The maximum atomic E-state index is 12.8. The largest absolute Gasteiger partial charge is 0.550 e. The third kappa shape index (κ3) is 20.1. The Morgan fingerprint density at radius 1 is 0.380 bits per heavy atom. The number of carbonyl (C=O) groups excluding carboxylic acids is 6. The molecule has 3 aromatic rings. The molecule has 3 fully saturated rings. The summed E-state index contributed by atoms with van der Waals surface area (Å²) in [6.07, 6.45) is 16.1. The highest BCUT2D eigenvalue weighted by Gasteiger charge is 2.42. The van der Waals surface area contributed by atoms with E-state index in [0.717, 1.165) is 92.6 Å². The Balaban J connectivity index is 0.989. The highest BCUT2D eigenvalue weighted by atomic mass is 28.2. The van der Waals surface area contributed by atoms with Crippen LogP contribution in [0.25, 0.3) is 0 Å². The van der Waals surface area contributed by atoms with Gasteiger partial charge in [0.2, 0.25) is 0 Å². The molecule has 0 spiro atoms. The van der Waals surface area contributed by atoms with Crippen LogP contribution in [0.3, 0.4) is 0 Å². The van der Waals surface area contributed by atoms with Crippen LogP contribution in [0.2, 0.25) is 0 Å². The summed E-state index contributed by atoms with van der Waals surface area (Å²) in [6.45, 7) is 12.7. The first-order valence-corrected chi connectivity index (χ1v) is 31.3. The molecule has 0 aliphatic heterocycles. The van der Waals surface area contributed by atoms with E-state index in [4.69, 9.17) is 43.5 Å². The van der Waals surface area contributed by atoms with Crippen LogP contribution in [0.5, 0.6) is 0 Å². The van der Waals surface area contributed by atoms with E-state index in [0.29, 0.717) is 67.1 Å². The van der Waals surface area contributed by atoms with E-state index in [1.807, 2.05) is 36.4 Å². The summed E-state index contributed by atoms with van der Waals surface area (Å²) in [6, 6.07) is 21.2. The molecule has 0 N–H and O–H groups in total. The molecular weight excluding hydrogens is 1060 g/mol. The van der Waals surface area contributed by atoms with Crippen molar-refractivity contribution in [3.63, 3.8) is 0 Å². The molecule has 6 radical (unpaired) electrons. The second-order valence-corrected chi connectivity index (χ2v) is 24.6. The fourth-order valence-corrected chi connectivity index (χ4v) is 14.5. The number of rotatable bonds is 21. The number of allylic oxidation sites excluding steroid dienone is 6. The van der Waals surface area contributed by atoms with Crippen LogP contribution in [-0.2, 0) is 43.5 Å². The molecule has 3 aromatic carbocycles. The van der Waals surface area contributed by atoms with Gasteiger partial charge >= 0.3 is 36.4 Å². The zero-order valence-corrected chi connectivity index (χ0v) is 49.6. The molecule has 3 aliphatic rings. The number of ether oxygens (including phenoxy) is 3. The minimum absolute atomic E-state index is 0.255. The normalized spacial score (nSPS) is 21.1. The molecule has 0 saturated heterocycles. The van der Waals surface area contributed by atoms with Gasteiger partial charge in [-0.1, -0.05) is 127 Å². The Hall–Kier alpha value is -6.25. The van der Waals surface area contributed by atoms with Crippen LogP contribution in [-0.4, -0.2) is 83.2 Å². The highest BCUT2D eigenvalue weighted by Crippen LogP contribution is 2.48. The van der Waals surface area contributed by atoms with E-state index in [-0.39, 0.29) is 40.4 Å². The Labute approximate surface area is 473 Å². The Bertz CT molecular complexity index is 2260. The number of hydrogen-bond donors (Lipinski definition) is 0. The van der Waals surface area contributed by atoms with Crippen molar-refractivity contribution in [1.29, 1.82) is 0 Å². The monoisotopic (exact) mass is 1130 g/mol.